The van der Waals surface area contributed by atoms with Crippen LogP contribution in [-0.4, -0.2) is 43.6 Å². The van der Waals surface area contributed by atoms with Gasteiger partial charge in [0.2, 0.25) is 0 Å². The Hall–Kier alpha value is -3.46. The van der Waals surface area contributed by atoms with Crippen molar-refractivity contribution in [3.8, 4) is 0 Å². The Morgan fingerprint density at radius 2 is 2.10 bits per heavy atom. The van der Waals surface area contributed by atoms with E-state index in [1.807, 2.05) is 0 Å². The normalized spacial score (nSPS) is 12.1. The summed E-state index contributed by atoms with van der Waals surface area (Å²) in [5, 5.41) is 17.4. The number of hydrogen-bond donors (Lipinski definition) is 1. The van der Waals surface area contributed by atoms with Gasteiger partial charge in [0.05, 0.1) is 24.0 Å². The number of oxime groups is 1. The van der Waals surface area contributed by atoms with Crippen LogP contribution in [0.15, 0.2) is 47.9 Å². The molecule has 1 aromatic carbocycles. The van der Waals surface area contributed by atoms with E-state index in [0.29, 0.717) is 22.7 Å². The van der Waals surface area contributed by atoms with Gasteiger partial charge in [-0.2, -0.15) is 5.10 Å². The highest BCUT2D eigenvalue weighted by molar-refractivity contribution is 5.96. The quantitative estimate of drug-likeness (QED) is 0.307. The van der Waals surface area contributed by atoms with Crippen molar-refractivity contribution in [2.45, 2.75) is 13.3 Å². The number of pyridine rings is 1. The fourth-order valence-electron chi connectivity index (χ4n) is 3.00. The van der Waals surface area contributed by atoms with Crippen LogP contribution in [0.5, 0.6) is 0 Å². The average molecular weight is 397 g/mol. The van der Waals surface area contributed by atoms with E-state index in [2.05, 4.69) is 20.2 Å². The molecule has 0 saturated carbocycles. The van der Waals surface area contributed by atoms with Crippen molar-refractivity contribution >= 4 is 22.3 Å². The molecule has 0 aliphatic carbocycles. The van der Waals surface area contributed by atoms with E-state index in [1.165, 1.54) is 23.0 Å². The smallest absolute Gasteiger partial charge is 0.153 e. The fraction of sp³-hybridized carbons (Fsp3) is 0.200. The van der Waals surface area contributed by atoms with E-state index in [4.69, 9.17) is 9.94 Å². The molecule has 0 aliphatic heterocycles. The molecule has 0 atom stereocenters. The number of hydrogen-bond acceptors (Lipinski definition) is 6. The average Bonchev–Trinajstić information content (AvgIpc) is 3.13. The Balaban J connectivity index is 1.73. The summed E-state index contributed by atoms with van der Waals surface area (Å²) in [7, 11) is 0. The summed E-state index contributed by atoms with van der Waals surface area (Å²) in [6.45, 7) is 1.64. The van der Waals surface area contributed by atoms with Gasteiger partial charge in [-0.25, -0.2) is 18.3 Å². The molecule has 0 bridgehead atoms. The van der Waals surface area contributed by atoms with Crippen molar-refractivity contribution in [3.05, 3.63) is 71.3 Å². The summed E-state index contributed by atoms with van der Waals surface area (Å²) in [5.41, 5.74) is 2.26. The van der Waals surface area contributed by atoms with Crippen molar-refractivity contribution in [1.29, 1.82) is 0 Å². The van der Waals surface area contributed by atoms with Crippen LogP contribution >= 0.6 is 0 Å². The number of benzene rings is 1. The van der Waals surface area contributed by atoms with Crippen LogP contribution in [0.3, 0.4) is 0 Å². The first-order chi connectivity index (χ1) is 14.1. The lowest BCUT2D eigenvalue weighted by Gasteiger charge is -2.08. The molecule has 0 amide bonds. The minimum absolute atomic E-state index is 0.0304. The van der Waals surface area contributed by atoms with E-state index in [-0.39, 0.29) is 36.1 Å². The molecule has 0 saturated heterocycles. The van der Waals surface area contributed by atoms with Crippen LogP contribution < -0.4 is 0 Å². The van der Waals surface area contributed by atoms with Crippen molar-refractivity contribution in [1.82, 2.24) is 19.6 Å². The first-order valence-corrected chi connectivity index (χ1v) is 8.91. The second-order valence-corrected chi connectivity index (χ2v) is 6.37. The number of aliphatic hydroxyl groups is 1. The molecule has 148 valence electrons. The molecule has 3 heterocycles. The van der Waals surface area contributed by atoms with Gasteiger partial charge in [0.15, 0.2) is 5.65 Å². The van der Waals surface area contributed by atoms with Gasteiger partial charge < -0.3 is 9.94 Å². The predicted molar refractivity (Wildman–Crippen MR) is 103 cm³/mol. The van der Waals surface area contributed by atoms with Crippen LogP contribution in [-0.2, 0) is 11.3 Å². The van der Waals surface area contributed by atoms with E-state index in [9.17, 15) is 8.78 Å². The molecule has 0 spiro atoms. The molecule has 0 fully saturated rings. The van der Waals surface area contributed by atoms with Crippen LogP contribution in [0.4, 0.5) is 8.78 Å². The van der Waals surface area contributed by atoms with Crippen LogP contribution in [0.25, 0.3) is 16.6 Å². The Labute approximate surface area is 164 Å². The topological polar surface area (TPSA) is 84.9 Å². The van der Waals surface area contributed by atoms with Gasteiger partial charge in [0.1, 0.15) is 29.6 Å². The van der Waals surface area contributed by atoms with Crippen molar-refractivity contribution in [2.24, 2.45) is 5.16 Å². The maximum Gasteiger partial charge on any atom is 0.153 e. The van der Waals surface area contributed by atoms with Gasteiger partial charge in [-0.15, -0.1) is 0 Å². The summed E-state index contributed by atoms with van der Waals surface area (Å²) < 4.78 is 31.0. The third-order valence-corrected chi connectivity index (χ3v) is 4.44. The molecule has 1 N–H and O–H groups in total. The number of nitrogens with zero attached hydrogens (tertiary/aromatic N) is 5. The van der Waals surface area contributed by atoms with Crippen molar-refractivity contribution in [3.63, 3.8) is 0 Å². The summed E-state index contributed by atoms with van der Waals surface area (Å²) in [6.07, 6.45) is 3.00. The highest BCUT2D eigenvalue weighted by Crippen LogP contribution is 2.25. The lowest BCUT2D eigenvalue weighted by atomic mass is 10.0. The lowest BCUT2D eigenvalue weighted by Crippen LogP contribution is -2.08. The Morgan fingerprint density at radius 1 is 1.24 bits per heavy atom. The molecular formula is C20H17F2N5O2. The summed E-state index contributed by atoms with van der Waals surface area (Å²) >= 11 is 0. The van der Waals surface area contributed by atoms with Gasteiger partial charge in [-0.05, 0) is 31.2 Å². The molecule has 0 aliphatic rings. The second kappa shape index (κ2) is 7.88. The van der Waals surface area contributed by atoms with Gasteiger partial charge in [-0.3, -0.25) is 4.98 Å². The zero-order valence-electron chi connectivity index (χ0n) is 15.5. The molecule has 4 rings (SSSR count). The number of imidazole rings is 1. The minimum atomic E-state index is -0.671. The molecular weight excluding hydrogens is 380 g/mol. The van der Waals surface area contributed by atoms with Gasteiger partial charge in [-0.1, -0.05) is 5.16 Å². The molecule has 9 heteroatoms. The van der Waals surface area contributed by atoms with Gasteiger partial charge in [0.25, 0.3) is 0 Å². The highest BCUT2D eigenvalue weighted by atomic mass is 19.1. The number of fused-ring (bicyclic) bond motifs is 2. The molecule has 0 radical (unpaired) electrons. The van der Waals surface area contributed by atoms with Gasteiger partial charge in [0, 0.05) is 29.6 Å². The molecule has 29 heavy (non-hydrogen) atoms. The first kappa shape index (κ1) is 18.9. The first-order valence-electron chi connectivity index (χ1n) is 8.91. The summed E-state index contributed by atoms with van der Waals surface area (Å²) in [5.74, 6) is -1.32. The van der Waals surface area contributed by atoms with Gasteiger partial charge >= 0.3 is 0 Å². The SMILES string of the molecule is C/C(=N\OCCO)c1ccc2ncc(Cc3c(F)cc4ncccc4c3F)n2n1. The fourth-order valence-corrected chi connectivity index (χ4v) is 3.00. The Morgan fingerprint density at radius 3 is 2.93 bits per heavy atom. The van der Waals surface area contributed by atoms with Crippen LogP contribution in [0.1, 0.15) is 23.9 Å². The third-order valence-electron chi connectivity index (χ3n) is 4.44. The van der Waals surface area contributed by atoms with E-state index in [1.54, 1.807) is 31.2 Å². The van der Waals surface area contributed by atoms with E-state index >= 15 is 0 Å². The van der Waals surface area contributed by atoms with Crippen LogP contribution in [0, 0.1) is 11.6 Å². The lowest BCUT2D eigenvalue weighted by molar-refractivity contribution is 0.0986. The zero-order valence-corrected chi connectivity index (χ0v) is 15.5. The number of rotatable bonds is 6. The zero-order chi connectivity index (χ0) is 20.4. The van der Waals surface area contributed by atoms with E-state index in [0.717, 1.165) is 0 Å². The third kappa shape index (κ3) is 3.64. The standard InChI is InChI=1S/C20H17F2N5O2/c1-12(26-29-8-7-28)17-4-5-19-24-11-13(27(19)25-17)9-15-16(21)10-18-14(20(15)22)3-2-6-23-18/h2-6,10-11,28H,7-9H2,1H3/b26-12+. The van der Waals surface area contributed by atoms with E-state index < -0.39 is 11.6 Å². The second-order valence-electron chi connectivity index (χ2n) is 6.37. The number of aliphatic hydroxyl groups excluding tert-OH is 1. The molecule has 0 unspecified atom stereocenters. The molecule has 3 aromatic heterocycles. The van der Waals surface area contributed by atoms with Crippen LogP contribution in [0.2, 0.25) is 0 Å². The Bertz CT molecular complexity index is 1220. The number of halogens is 2. The predicted octanol–water partition coefficient (Wildman–Crippen LogP) is 2.88. The molecule has 4 aromatic rings. The summed E-state index contributed by atoms with van der Waals surface area (Å²) in [6, 6.07) is 7.85. The molecule has 7 nitrogen and oxygen atoms in total. The maximum atomic E-state index is 14.9. The van der Waals surface area contributed by atoms with Crippen molar-refractivity contribution < 1.29 is 18.7 Å². The largest absolute Gasteiger partial charge is 0.393 e. The van der Waals surface area contributed by atoms with Crippen molar-refractivity contribution in [2.75, 3.05) is 13.2 Å². The maximum absolute atomic E-state index is 14.9. The Kier molecular flexibility index (Phi) is 5.13. The highest BCUT2D eigenvalue weighted by Gasteiger charge is 2.17. The number of aromatic nitrogens is 4. The minimum Gasteiger partial charge on any atom is -0.393 e. The monoisotopic (exact) mass is 397 g/mol. The summed E-state index contributed by atoms with van der Waals surface area (Å²) in [4.78, 5) is 13.2.